The fourth-order valence-electron chi connectivity index (χ4n) is 4.62. The van der Waals surface area contributed by atoms with Gasteiger partial charge in [-0.1, -0.05) is 24.8 Å². The SMILES string of the molecule is C=CC(=O)Nc1cc(Nc2ncc(C3=CCOCC3)c(Nc3ccccc3C(=O)NC)n2)c(OC)cc1N(C)CCN(C)C. The number of carbonyl (C=O) groups excluding carboxylic acids is 2. The third kappa shape index (κ3) is 7.91. The molecule has 4 N–H and O–H groups in total. The van der Waals surface area contributed by atoms with E-state index in [-0.39, 0.29) is 17.8 Å². The van der Waals surface area contributed by atoms with Crippen molar-refractivity contribution in [3.63, 3.8) is 0 Å². The molecule has 44 heavy (non-hydrogen) atoms. The van der Waals surface area contributed by atoms with E-state index in [0.29, 0.717) is 53.8 Å². The average molecular weight is 601 g/mol. The third-order valence-electron chi connectivity index (χ3n) is 7.05. The number of aromatic nitrogens is 2. The number of nitrogens with one attached hydrogen (secondary N) is 4. The molecule has 2 amide bonds. The standard InChI is InChI=1S/C32H40N8O4/c1-7-29(41)35-25-18-26(28(43-6)19-27(25)40(5)15-14-39(3)4)37-32-34-20-23(21-12-16-44-17-13-21)30(38-32)36-24-11-9-8-10-22(24)31(42)33-2/h7-12,18-20H,1,13-17H2,2-6H3,(H,33,42)(H,35,41)(H2,34,36,37,38). The van der Waals surface area contributed by atoms with Crippen LogP contribution >= 0.6 is 0 Å². The van der Waals surface area contributed by atoms with Gasteiger partial charge in [0.15, 0.2) is 0 Å². The van der Waals surface area contributed by atoms with E-state index in [1.807, 2.05) is 50.3 Å². The highest BCUT2D eigenvalue weighted by atomic mass is 16.5. The predicted octanol–water partition coefficient (Wildman–Crippen LogP) is 4.26. The number of hydrogen-bond donors (Lipinski definition) is 4. The van der Waals surface area contributed by atoms with Crippen molar-refractivity contribution in [2.45, 2.75) is 6.42 Å². The summed E-state index contributed by atoms with van der Waals surface area (Å²) in [6, 6.07) is 10.9. The minimum absolute atomic E-state index is 0.221. The van der Waals surface area contributed by atoms with Crippen LogP contribution in [0, 0.1) is 0 Å². The van der Waals surface area contributed by atoms with Gasteiger partial charge in [-0.25, -0.2) is 4.98 Å². The molecule has 0 saturated carbocycles. The largest absolute Gasteiger partial charge is 0.494 e. The number of hydrogen-bond acceptors (Lipinski definition) is 10. The molecule has 0 saturated heterocycles. The Kier molecular flexibility index (Phi) is 10.9. The Hall–Kier alpha value is -4.94. The van der Waals surface area contributed by atoms with Gasteiger partial charge in [0, 0.05) is 45.0 Å². The second-order valence-electron chi connectivity index (χ2n) is 10.4. The second kappa shape index (κ2) is 15.0. The number of nitrogens with zero attached hydrogens (tertiary/aromatic N) is 4. The molecule has 0 atom stereocenters. The van der Waals surface area contributed by atoms with Crippen LogP contribution in [0.2, 0.25) is 0 Å². The first-order chi connectivity index (χ1) is 21.2. The maximum atomic E-state index is 12.6. The van der Waals surface area contributed by atoms with Gasteiger partial charge in [0.25, 0.3) is 5.91 Å². The maximum Gasteiger partial charge on any atom is 0.253 e. The molecule has 0 unspecified atom stereocenters. The Morgan fingerprint density at radius 2 is 1.89 bits per heavy atom. The van der Waals surface area contributed by atoms with Crippen molar-refractivity contribution in [1.29, 1.82) is 0 Å². The minimum atomic E-state index is -0.338. The number of amides is 2. The van der Waals surface area contributed by atoms with Crippen LogP contribution in [0.3, 0.4) is 0 Å². The molecule has 3 aromatic rings. The Balaban J connectivity index is 1.75. The number of anilines is 6. The number of rotatable bonds is 13. The number of benzene rings is 2. The van der Waals surface area contributed by atoms with Crippen molar-refractivity contribution < 1.29 is 19.1 Å². The molecule has 0 spiro atoms. The lowest BCUT2D eigenvalue weighted by molar-refractivity contribution is -0.111. The van der Waals surface area contributed by atoms with Crippen LogP contribution in [0.1, 0.15) is 22.3 Å². The number of para-hydroxylation sites is 1. The zero-order chi connectivity index (χ0) is 31.6. The van der Waals surface area contributed by atoms with Crippen LogP contribution in [-0.2, 0) is 9.53 Å². The molecule has 1 aromatic heterocycles. The van der Waals surface area contributed by atoms with E-state index in [0.717, 1.165) is 29.9 Å². The lowest BCUT2D eigenvalue weighted by Crippen LogP contribution is -2.29. The lowest BCUT2D eigenvalue weighted by atomic mass is 10.0. The van der Waals surface area contributed by atoms with Crippen molar-refractivity contribution in [2.75, 3.05) is 82.5 Å². The first-order valence-corrected chi connectivity index (χ1v) is 14.2. The average Bonchev–Trinajstić information content (AvgIpc) is 3.04. The normalized spacial score (nSPS) is 12.6. The molecule has 2 aromatic carbocycles. The van der Waals surface area contributed by atoms with E-state index in [1.165, 1.54) is 6.08 Å². The Morgan fingerprint density at radius 3 is 2.57 bits per heavy atom. The van der Waals surface area contributed by atoms with Crippen LogP contribution < -0.4 is 30.9 Å². The summed E-state index contributed by atoms with van der Waals surface area (Å²) >= 11 is 0. The van der Waals surface area contributed by atoms with Crippen LogP contribution in [0.15, 0.2) is 61.3 Å². The fraction of sp³-hybridized carbons (Fsp3) is 0.312. The Bertz CT molecular complexity index is 1540. The number of carbonyl (C=O) groups is 2. The van der Waals surface area contributed by atoms with E-state index in [2.05, 4.69) is 37.7 Å². The van der Waals surface area contributed by atoms with E-state index in [4.69, 9.17) is 14.5 Å². The highest BCUT2D eigenvalue weighted by Gasteiger charge is 2.20. The molecule has 12 nitrogen and oxygen atoms in total. The molecule has 1 aliphatic heterocycles. The van der Waals surface area contributed by atoms with E-state index in [9.17, 15) is 9.59 Å². The van der Waals surface area contributed by atoms with Crippen LogP contribution in [-0.4, -0.2) is 88.3 Å². The van der Waals surface area contributed by atoms with Crippen molar-refractivity contribution in [3.8, 4) is 5.75 Å². The van der Waals surface area contributed by atoms with Gasteiger partial charge in [0.2, 0.25) is 11.9 Å². The summed E-state index contributed by atoms with van der Waals surface area (Å²) in [4.78, 5) is 38.5. The predicted molar refractivity (Wildman–Crippen MR) is 175 cm³/mol. The molecular formula is C32H40N8O4. The van der Waals surface area contributed by atoms with Crippen molar-refractivity contribution in [1.82, 2.24) is 20.2 Å². The number of likely N-dealkylation sites (N-methyl/N-ethyl adjacent to an activating group) is 2. The zero-order valence-corrected chi connectivity index (χ0v) is 25.9. The lowest BCUT2D eigenvalue weighted by Gasteiger charge is -2.26. The topological polar surface area (TPSA) is 133 Å². The minimum Gasteiger partial charge on any atom is -0.494 e. The van der Waals surface area contributed by atoms with Crippen LogP contribution in [0.25, 0.3) is 5.57 Å². The van der Waals surface area contributed by atoms with Crippen molar-refractivity contribution >= 4 is 51.9 Å². The summed E-state index contributed by atoms with van der Waals surface area (Å²) < 4.78 is 11.3. The molecule has 0 aliphatic carbocycles. The molecular weight excluding hydrogens is 560 g/mol. The van der Waals surface area contributed by atoms with Crippen LogP contribution in [0.4, 0.5) is 34.5 Å². The van der Waals surface area contributed by atoms with Gasteiger partial charge < -0.3 is 40.5 Å². The summed E-state index contributed by atoms with van der Waals surface area (Å²) in [5, 5.41) is 12.2. The van der Waals surface area contributed by atoms with Gasteiger partial charge in [-0.15, -0.1) is 0 Å². The smallest absolute Gasteiger partial charge is 0.253 e. The van der Waals surface area contributed by atoms with Gasteiger partial charge in [-0.05, 0) is 50.4 Å². The molecule has 2 heterocycles. The van der Waals surface area contributed by atoms with E-state index >= 15 is 0 Å². The summed E-state index contributed by atoms with van der Waals surface area (Å²) in [5.41, 5.74) is 4.82. The molecule has 0 radical (unpaired) electrons. The van der Waals surface area contributed by atoms with Crippen molar-refractivity contribution in [3.05, 3.63) is 72.5 Å². The first kappa shape index (κ1) is 32.0. The Labute approximate surface area is 258 Å². The summed E-state index contributed by atoms with van der Waals surface area (Å²) in [5.74, 6) is 0.782. The maximum absolute atomic E-state index is 12.6. The van der Waals surface area contributed by atoms with E-state index < -0.39 is 0 Å². The summed E-state index contributed by atoms with van der Waals surface area (Å²) in [6.45, 7) is 6.21. The van der Waals surface area contributed by atoms with Gasteiger partial charge in [-0.3, -0.25) is 9.59 Å². The second-order valence-corrected chi connectivity index (χ2v) is 10.4. The fourth-order valence-corrected chi connectivity index (χ4v) is 4.62. The molecule has 232 valence electrons. The molecule has 4 rings (SSSR count). The quantitative estimate of drug-likeness (QED) is 0.211. The zero-order valence-electron chi connectivity index (χ0n) is 25.9. The molecule has 0 fully saturated rings. The number of ether oxygens (including phenoxy) is 2. The third-order valence-corrected chi connectivity index (χ3v) is 7.05. The molecule has 0 bridgehead atoms. The summed E-state index contributed by atoms with van der Waals surface area (Å²) in [6.07, 6.45) is 5.68. The molecule has 12 heteroatoms. The molecule has 1 aliphatic rings. The van der Waals surface area contributed by atoms with Crippen LogP contribution in [0.5, 0.6) is 5.75 Å². The highest BCUT2D eigenvalue weighted by molar-refractivity contribution is 6.02. The van der Waals surface area contributed by atoms with Gasteiger partial charge >= 0.3 is 0 Å². The monoisotopic (exact) mass is 600 g/mol. The highest BCUT2D eigenvalue weighted by Crippen LogP contribution is 2.38. The van der Waals surface area contributed by atoms with E-state index in [1.54, 1.807) is 38.6 Å². The Morgan fingerprint density at radius 1 is 1.09 bits per heavy atom. The van der Waals surface area contributed by atoms with Gasteiger partial charge in [0.05, 0.1) is 48.6 Å². The van der Waals surface area contributed by atoms with Gasteiger partial charge in [0.1, 0.15) is 11.6 Å². The number of methoxy groups -OCH3 is 1. The summed E-state index contributed by atoms with van der Waals surface area (Å²) in [7, 11) is 9.14. The van der Waals surface area contributed by atoms with Crippen molar-refractivity contribution in [2.24, 2.45) is 0 Å². The van der Waals surface area contributed by atoms with Gasteiger partial charge in [-0.2, -0.15) is 4.98 Å². The first-order valence-electron chi connectivity index (χ1n) is 14.2.